The summed E-state index contributed by atoms with van der Waals surface area (Å²) in [6.45, 7) is 3.49. The van der Waals surface area contributed by atoms with E-state index in [-0.39, 0.29) is 17.6 Å². The third-order valence-corrected chi connectivity index (χ3v) is 7.78. The minimum absolute atomic E-state index is 0.130. The Labute approximate surface area is 198 Å². The predicted molar refractivity (Wildman–Crippen MR) is 127 cm³/mol. The van der Waals surface area contributed by atoms with E-state index in [0.29, 0.717) is 38.9 Å². The van der Waals surface area contributed by atoms with Crippen LogP contribution in [-0.2, 0) is 29.1 Å². The molecule has 0 radical (unpaired) electrons. The second-order valence-corrected chi connectivity index (χ2v) is 10.1. The van der Waals surface area contributed by atoms with E-state index in [1.807, 2.05) is 24.0 Å². The number of hydrogen-bond donors (Lipinski definition) is 1. The number of aliphatic carboxylic acids is 1. The molecule has 1 fully saturated rings. The van der Waals surface area contributed by atoms with Gasteiger partial charge in [-0.25, -0.2) is 9.37 Å². The highest BCUT2D eigenvalue weighted by Crippen LogP contribution is 2.40. The third kappa shape index (κ3) is 4.19. The highest BCUT2D eigenvalue weighted by molar-refractivity contribution is 5.84. The minimum Gasteiger partial charge on any atom is -0.481 e. The summed E-state index contributed by atoms with van der Waals surface area (Å²) in [6, 6.07) is 10.6. The van der Waals surface area contributed by atoms with Crippen molar-refractivity contribution in [2.45, 2.75) is 58.5 Å². The van der Waals surface area contributed by atoms with Crippen LogP contribution in [0.25, 0.3) is 11.0 Å². The van der Waals surface area contributed by atoms with Crippen LogP contribution in [0.2, 0.25) is 0 Å². The molecule has 0 bridgehead atoms. The van der Waals surface area contributed by atoms with Crippen LogP contribution in [0.4, 0.5) is 4.39 Å². The number of rotatable bonds is 5. The number of aromatic nitrogens is 2. The Balaban J connectivity index is 1.35. The van der Waals surface area contributed by atoms with E-state index in [4.69, 9.17) is 0 Å². The fraction of sp³-hybridized carbons (Fsp3) is 0.444. The van der Waals surface area contributed by atoms with E-state index in [1.54, 1.807) is 18.3 Å². The van der Waals surface area contributed by atoms with Crippen LogP contribution in [0, 0.1) is 17.2 Å². The SMILES string of the molecule is CC1(C(=O)O)CCC(CC(=O)N2CCc3c(n(Cc4cccc(F)c4)c4ncccc34)C2)CC1. The highest BCUT2D eigenvalue weighted by Gasteiger charge is 2.38. The van der Waals surface area contributed by atoms with Crippen molar-refractivity contribution in [3.05, 3.63) is 65.2 Å². The summed E-state index contributed by atoms with van der Waals surface area (Å²) in [7, 11) is 0. The monoisotopic (exact) mass is 463 g/mol. The first-order valence-corrected chi connectivity index (χ1v) is 12.0. The average Bonchev–Trinajstić information content (AvgIpc) is 3.13. The van der Waals surface area contributed by atoms with Gasteiger partial charge in [0, 0.05) is 36.8 Å². The Morgan fingerprint density at radius 3 is 2.74 bits per heavy atom. The Kier molecular flexibility index (Phi) is 5.88. The molecular formula is C27H30FN3O3. The van der Waals surface area contributed by atoms with Crippen molar-refractivity contribution >= 4 is 22.9 Å². The molecule has 2 aliphatic rings. The highest BCUT2D eigenvalue weighted by atomic mass is 19.1. The zero-order valence-corrected chi connectivity index (χ0v) is 19.5. The molecule has 3 aromatic rings. The molecule has 1 N–H and O–H groups in total. The quantitative estimate of drug-likeness (QED) is 0.591. The first-order chi connectivity index (χ1) is 16.3. The molecule has 178 valence electrons. The summed E-state index contributed by atoms with van der Waals surface area (Å²) in [6.07, 6.45) is 5.80. The molecular weight excluding hydrogens is 433 g/mol. The van der Waals surface area contributed by atoms with E-state index in [0.717, 1.165) is 41.6 Å². The topological polar surface area (TPSA) is 75.4 Å². The first-order valence-electron chi connectivity index (χ1n) is 12.0. The van der Waals surface area contributed by atoms with Crippen molar-refractivity contribution in [3.8, 4) is 0 Å². The number of carboxylic acid groups (broad SMARTS) is 1. The molecule has 1 saturated carbocycles. The van der Waals surface area contributed by atoms with Gasteiger partial charge in [0.15, 0.2) is 0 Å². The number of carbonyl (C=O) groups excluding carboxylic acids is 1. The van der Waals surface area contributed by atoms with Crippen molar-refractivity contribution in [1.82, 2.24) is 14.5 Å². The van der Waals surface area contributed by atoms with Gasteiger partial charge in [-0.15, -0.1) is 0 Å². The van der Waals surface area contributed by atoms with Crippen LogP contribution in [-0.4, -0.2) is 38.0 Å². The average molecular weight is 464 g/mol. The Bertz CT molecular complexity index is 1240. The molecule has 7 heteroatoms. The third-order valence-electron chi connectivity index (χ3n) is 7.78. The second kappa shape index (κ2) is 8.85. The van der Waals surface area contributed by atoms with Crippen molar-refractivity contribution < 1.29 is 19.1 Å². The lowest BCUT2D eigenvalue weighted by molar-refractivity contribution is -0.150. The Hall–Kier alpha value is -3.22. The van der Waals surface area contributed by atoms with Crippen LogP contribution in [0.15, 0.2) is 42.6 Å². The van der Waals surface area contributed by atoms with Gasteiger partial charge in [0.25, 0.3) is 0 Å². The summed E-state index contributed by atoms with van der Waals surface area (Å²) in [4.78, 5) is 31.3. The van der Waals surface area contributed by atoms with Crippen LogP contribution in [0.1, 0.15) is 55.8 Å². The molecule has 1 aromatic carbocycles. The summed E-state index contributed by atoms with van der Waals surface area (Å²) >= 11 is 0. The van der Waals surface area contributed by atoms with Gasteiger partial charge in [-0.3, -0.25) is 9.59 Å². The molecule has 1 amide bonds. The van der Waals surface area contributed by atoms with Gasteiger partial charge in [-0.05, 0) is 80.3 Å². The lowest BCUT2D eigenvalue weighted by atomic mass is 9.71. The maximum atomic E-state index is 13.8. The van der Waals surface area contributed by atoms with Gasteiger partial charge in [0.1, 0.15) is 11.5 Å². The zero-order chi connectivity index (χ0) is 23.9. The minimum atomic E-state index is -0.736. The molecule has 0 atom stereocenters. The summed E-state index contributed by atoms with van der Waals surface area (Å²) in [5, 5.41) is 10.6. The zero-order valence-electron chi connectivity index (χ0n) is 19.5. The van der Waals surface area contributed by atoms with E-state index in [1.165, 1.54) is 11.6 Å². The van der Waals surface area contributed by atoms with E-state index >= 15 is 0 Å². The molecule has 5 rings (SSSR count). The van der Waals surface area contributed by atoms with Crippen LogP contribution in [0.5, 0.6) is 0 Å². The molecule has 0 unspecified atom stereocenters. The lowest BCUT2D eigenvalue weighted by Gasteiger charge is -2.35. The van der Waals surface area contributed by atoms with Crippen LogP contribution >= 0.6 is 0 Å². The normalized spacial score (nSPS) is 22.5. The molecule has 3 heterocycles. The van der Waals surface area contributed by atoms with E-state index in [9.17, 15) is 19.1 Å². The lowest BCUT2D eigenvalue weighted by Crippen LogP contribution is -2.39. The van der Waals surface area contributed by atoms with E-state index in [2.05, 4.69) is 15.6 Å². The van der Waals surface area contributed by atoms with Crippen molar-refractivity contribution in [2.24, 2.45) is 11.3 Å². The molecule has 0 spiro atoms. The Morgan fingerprint density at radius 2 is 2.00 bits per heavy atom. The number of fused-ring (bicyclic) bond motifs is 3. The number of carboxylic acids is 1. The summed E-state index contributed by atoms with van der Waals surface area (Å²) in [5.74, 6) is -0.633. The van der Waals surface area contributed by atoms with Crippen molar-refractivity contribution in [2.75, 3.05) is 6.54 Å². The second-order valence-electron chi connectivity index (χ2n) is 10.1. The summed E-state index contributed by atoms with van der Waals surface area (Å²) < 4.78 is 15.9. The van der Waals surface area contributed by atoms with Gasteiger partial charge in [0.2, 0.25) is 5.91 Å². The molecule has 6 nitrogen and oxygen atoms in total. The maximum Gasteiger partial charge on any atom is 0.309 e. The molecule has 1 aliphatic heterocycles. The fourth-order valence-corrected chi connectivity index (χ4v) is 5.57. The number of carbonyl (C=O) groups is 2. The molecule has 34 heavy (non-hydrogen) atoms. The van der Waals surface area contributed by atoms with Crippen molar-refractivity contribution in [1.29, 1.82) is 0 Å². The van der Waals surface area contributed by atoms with Gasteiger partial charge in [-0.1, -0.05) is 12.1 Å². The standard InChI is InChI=1S/C27H30FN3O3/c1-27(26(33)34)10-7-18(8-11-27)15-24(32)30-13-9-21-22-6-3-12-29-25(22)31(23(21)17-30)16-19-4-2-5-20(28)14-19/h2-6,12,14,18H,7-11,13,15-17H2,1H3,(H,33,34). The molecule has 1 aliphatic carbocycles. The molecule has 2 aromatic heterocycles. The van der Waals surface area contributed by atoms with Gasteiger partial charge >= 0.3 is 5.97 Å². The number of benzene rings is 1. The van der Waals surface area contributed by atoms with E-state index < -0.39 is 11.4 Å². The van der Waals surface area contributed by atoms with Gasteiger partial charge < -0.3 is 14.6 Å². The van der Waals surface area contributed by atoms with Crippen LogP contribution in [0.3, 0.4) is 0 Å². The number of pyridine rings is 1. The first kappa shape index (κ1) is 22.6. The fourth-order valence-electron chi connectivity index (χ4n) is 5.57. The van der Waals surface area contributed by atoms with Crippen molar-refractivity contribution in [3.63, 3.8) is 0 Å². The number of hydrogen-bond acceptors (Lipinski definition) is 3. The van der Waals surface area contributed by atoms with Crippen LogP contribution < -0.4 is 0 Å². The maximum absolute atomic E-state index is 13.8. The predicted octanol–water partition coefficient (Wildman–Crippen LogP) is 4.78. The van der Waals surface area contributed by atoms with Gasteiger partial charge in [0.05, 0.1) is 12.0 Å². The number of amides is 1. The number of nitrogens with zero attached hydrogens (tertiary/aromatic N) is 3. The largest absolute Gasteiger partial charge is 0.481 e. The Morgan fingerprint density at radius 1 is 1.21 bits per heavy atom. The number of halogens is 1. The summed E-state index contributed by atoms with van der Waals surface area (Å²) in [5.41, 5.74) is 3.35. The molecule has 0 saturated heterocycles. The smallest absolute Gasteiger partial charge is 0.309 e. The van der Waals surface area contributed by atoms with Gasteiger partial charge in [-0.2, -0.15) is 0 Å².